The summed E-state index contributed by atoms with van der Waals surface area (Å²) in [6, 6.07) is 6.33. The summed E-state index contributed by atoms with van der Waals surface area (Å²) in [6.07, 6.45) is 9.47. The fourth-order valence-corrected chi connectivity index (χ4v) is 5.89. The Labute approximate surface area is 201 Å². The molecule has 170 valence electrons. The molecule has 4 aromatic rings. The molecule has 0 spiro atoms. The van der Waals surface area contributed by atoms with Crippen LogP contribution in [-0.4, -0.2) is 43.4 Å². The van der Waals surface area contributed by atoms with E-state index in [1.54, 1.807) is 16.2 Å². The highest BCUT2D eigenvalue weighted by molar-refractivity contribution is 7.18. The minimum Gasteiger partial charge on any atom is -0.383 e. The number of thiazole rings is 1. The van der Waals surface area contributed by atoms with Crippen LogP contribution in [0, 0.1) is 11.8 Å². The average Bonchev–Trinajstić information content (AvgIpc) is 3.52. The monoisotopic (exact) mass is 468 g/mol. The number of carbonyl (C=O) groups is 1. The van der Waals surface area contributed by atoms with Crippen LogP contribution in [0.4, 0.5) is 5.82 Å². The maximum absolute atomic E-state index is 12.1. The Hall–Kier alpha value is -3.70. The number of carbonyl (C=O) groups excluding carboxylic acids is 1. The van der Waals surface area contributed by atoms with Crippen molar-refractivity contribution in [3.05, 3.63) is 59.5 Å². The molecule has 0 bridgehead atoms. The highest BCUT2D eigenvalue weighted by Crippen LogP contribution is 2.40. The molecule has 6 rings (SSSR count). The summed E-state index contributed by atoms with van der Waals surface area (Å²) in [4.78, 5) is 27.4. The highest BCUT2D eigenvalue weighted by Gasteiger charge is 2.28. The second-order valence-electron chi connectivity index (χ2n) is 8.95. The number of nitrogen functional groups attached to an aromatic ring is 1. The molecule has 1 saturated carbocycles. The second kappa shape index (κ2) is 8.26. The van der Waals surface area contributed by atoms with Crippen molar-refractivity contribution in [2.45, 2.75) is 37.6 Å². The van der Waals surface area contributed by atoms with E-state index in [1.807, 2.05) is 12.3 Å². The number of aromatic nitrogens is 4. The summed E-state index contributed by atoms with van der Waals surface area (Å²) >= 11 is 1.80. The number of amides is 1. The number of rotatable bonds is 3. The van der Waals surface area contributed by atoms with Crippen LogP contribution in [0.15, 0.2) is 43.4 Å². The third-order valence-corrected chi connectivity index (χ3v) is 8.08. The molecule has 2 fully saturated rings. The van der Waals surface area contributed by atoms with Crippen LogP contribution in [0.3, 0.4) is 0 Å². The summed E-state index contributed by atoms with van der Waals surface area (Å²) in [5, 5.41) is 2.00. The molecule has 7 nitrogen and oxygen atoms in total. The normalized spacial score (nSPS) is 18.1. The first-order valence-corrected chi connectivity index (χ1v) is 12.4. The summed E-state index contributed by atoms with van der Waals surface area (Å²) in [6.45, 7) is 4.89. The molecule has 1 aromatic carbocycles. The van der Waals surface area contributed by atoms with Gasteiger partial charge in [-0.25, -0.2) is 15.0 Å². The van der Waals surface area contributed by atoms with Gasteiger partial charge >= 0.3 is 0 Å². The number of fused-ring (bicyclic) bond motifs is 2. The largest absolute Gasteiger partial charge is 0.383 e. The lowest BCUT2D eigenvalue weighted by Crippen LogP contribution is -2.27. The number of likely N-dealkylation sites (tertiary alicyclic amines) is 1. The van der Waals surface area contributed by atoms with Crippen molar-refractivity contribution in [1.82, 2.24) is 24.4 Å². The maximum atomic E-state index is 12.1. The van der Waals surface area contributed by atoms with E-state index in [0.29, 0.717) is 24.8 Å². The van der Waals surface area contributed by atoms with E-state index in [4.69, 9.17) is 10.7 Å². The van der Waals surface area contributed by atoms with Gasteiger partial charge in [0.25, 0.3) is 0 Å². The second-order valence-corrected chi connectivity index (χ2v) is 10.0. The van der Waals surface area contributed by atoms with Crippen molar-refractivity contribution in [3.63, 3.8) is 0 Å². The van der Waals surface area contributed by atoms with Gasteiger partial charge in [0.15, 0.2) is 0 Å². The summed E-state index contributed by atoms with van der Waals surface area (Å²) < 4.78 is 3.30. The van der Waals surface area contributed by atoms with Gasteiger partial charge in [-0.3, -0.25) is 4.79 Å². The van der Waals surface area contributed by atoms with Crippen molar-refractivity contribution >= 4 is 44.3 Å². The first-order valence-electron chi connectivity index (χ1n) is 11.6. The van der Waals surface area contributed by atoms with E-state index < -0.39 is 0 Å². The van der Waals surface area contributed by atoms with Gasteiger partial charge in [-0.2, -0.15) is 0 Å². The summed E-state index contributed by atoms with van der Waals surface area (Å²) in [7, 11) is 0. The smallest absolute Gasteiger partial charge is 0.246 e. The van der Waals surface area contributed by atoms with Crippen molar-refractivity contribution in [2.75, 3.05) is 18.8 Å². The third-order valence-electron chi connectivity index (χ3n) is 6.88. The Kier molecular flexibility index (Phi) is 5.07. The number of anilines is 1. The number of nitrogens with two attached hydrogens (primary N) is 1. The van der Waals surface area contributed by atoms with Crippen molar-refractivity contribution in [3.8, 4) is 11.8 Å². The van der Waals surface area contributed by atoms with Crippen LogP contribution in [0.1, 0.15) is 53.8 Å². The molecule has 34 heavy (non-hydrogen) atoms. The zero-order valence-electron chi connectivity index (χ0n) is 18.7. The molecule has 1 aliphatic heterocycles. The zero-order chi connectivity index (χ0) is 23.2. The zero-order valence-corrected chi connectivity index (χ0v) is 19.5. The number of benzene rings is 1. The summed E-state index contributed by atoms with van der Waals surface area (Å²) in [5.41, 5.74) is 9.70. The molecule has 3 aromatic heterocycles. The fraction of sp³-hybridized carbons (Fsp3) is 0.308. The predicted octanol–water partition coefficient (Wildman–Crippen LogP) is 4.25. The average molecular weight is 469 g/mol. The molecule has 1 aliphatic carbocycles. The van der Waals surface area contributed by atoms with E-state index in [-0.39, 0.29) is 11.9 Å². The first-order chi connectivity index (χ1) is 16.6. The Balaban J connectivity index is 1.35. The summed E-state index contributed by atoms with van der Waals surface area (Å²) in [5.74, 6) is 7.58. The lowest BCUT2D eigenvalue weighted by atomic mass is 9.86. The molecule has 1 unspecified atom stereocenters. The lowest BCUT2D eigenvalue weighted by Gasteiger charge is -2.22. The van der Waals surface area contributed by atoms with Gasteiger partial charge < -0.3 is 15.2 Å². The van der Waals surface area contributed by atoms with Gasteiger partial charge in [0, 0.05) is 30.8 Å². The minimum atomic E-state index is -0.0500. The van der Waals surface area contributed by atoms with Crippen molar-refractivity contribution in [2.24, 2.45) is 0 Å². The van der Waals surface area contributed by atoms with Crippen molar-refractivity contribution < 1.29 is 4.79 Å². The molecule has 8 heteroatoms. The van der Waals surface area contributed by atoms with E-state index in [0.717, 1.165) is 34.1 Å². The Morgan fingerprint density at radius 1 is 1.24 bits per heavy atom. The van der Waals surface area contributed by atoms with E-state index in [9.17, 15) is 4.79 Å². The van der Waals surface area contributed by atoms with Crippen molar-refractivity contribution in [1.29, 1.82) is 0 Å². The van der Waals surface area contributed by atoms with Gasteiger partial charge in [0.1, 0.15) is 17.8 Å². The predicted molar refractivity (Wildman–Crippen MR) is 135 cm³/mol. The van der Waals surface area contributed by atoms with Crippen LogP contribution in [0.5, 0.6) is 0 Å². The number of hydrogen-bond donors (Lipinski definition) is 1. The lowest BCUT2D eigenvalue weighted by molar-refractivity contribution is -0.125. The van der Waals surface area contributed by atoms with Crippen LogP contribution in [-0.2, 0) is 4.79 Å². The Bertz CT molecular complexity index is 1500. The van der Waals surface area contributed by atoms with E-state index in [2.05, 4.69) is 45.1 Å². The van der Waals surface area contributed by atoms with Gasteiger partial charge in [-0.1, -0.05) is 24.8 Å². The Morgan fingerprint density at radius 3 is 2.91 bits per heavy atom. The standard InChI is InChI=1S/C26H24N6OS/c1-2-22(33)31-11-10-19(14-31)32-13-18(23-24(27)28-15-29-25(23)32)8-6-16-7-9-21-20(12-16)30-26(34-21)17-4-3-5-17/h2,7,9,12-13,15,17,19H,1,3-5,10-11,14H2,(H2,27,28,29). The maximum Gasteiger partial charge on any atom is 0.246 e. The quantitative estimate of drug-likeness (QED) is 0.359. The molecule has 4 heterocycles. The van der Waals surface area contributed by atoms with Crippen LogP contribution >= 0.6 is 11.3 Å². The molecule has 2 aliphatic rings. The van der Waals surface area contributed by atoms with Gasteiger partial charge in [-0.15, -0.1) is 11.3 Å². The fourth-order valence-electron chi connectivity index (χ4n) is 4.77. The molecule has 1 saturated heterocycles. The van der Waals surface area contributed by atoms with Crippen LogP contribution in [0.2, 0.25) is 0 Å². The number of nitrogens with zero attached hydrogens (tertiary/aromatic N) is 5. The molecule has 1 atom stereocenters. The third kappa shape index (κ3) is 3.53. The van der Waals surface area contributed by atoms with Gasteiger partial charge in [-0.05, 0) is 43.5 Å². The first kappa shape index (κ1) is 20.9. The molecular formula is C26H24N6OS. The molecule has 0 radical (unpaired) electrons. The van der Waals surface area contributed by atoms with E-state index >= 15 is 0 Å². The van der Waals surface area contributed by atoms with Crippen LogP contribution in [0.25, 0.3) is 21.3 Å². The SMILES string of the molecule is C=CC(=O)N1CCC(n2cc(C#Cc3ccc4sc(C5CCC5)nc4c3)c3c(N)ncnc32)C1. The topological polar surface area (TPSA) is 89.9 Å². The molecule has 1 amide bonds. The van der Waals surface area contributed by atoms with Gasteiger partial charge in [0.2, 0.25) is 5.91 Å². The minimum absolute atomic E-state index is 0.0500. The molecule has 2 N–H and O–H groups in total. The van der Waals surface area contributed by atoms with Gasteiger partial charge in [0.05, 0.1) is 32.2 Å². The van der Waals surface area contributed by atoms with E-state index in [1.165, 1.54) is 41.4 Å². The van der Waals surface area contributed by atoms with Crippen LogP contribution < -0.4 is 5.73 Å². The molecular weight excluding hydrogens is 444 g/mol. The number of hydrogen-bond acceptors (Lipinski definition) is 6. The Morgan fingerprint density at radius 2 is 2.12 bits per heavy atom. The highest BCUT2D eigenvalue weighted by atomic mass is 32.1.